The number of aromatic nitrogens is 5. The van der Waals surface area contributed by atoms with E-state index >= 15 is 0 Å². The number of nitrogens with one attached hydrogen (secondary N) is 2. The summed E-state index contributed by atoms with van der Waals surface area (Å²) in [7, 11) is 0. The van der Waals surface area contributed by atoms with Crippen LogP contribution in [0.2, 0.25) is 0 Å². The normalized spacial score (nSPS) is 17.5. The molecule has 1 saturated heterocycles. The number of nitrogens with zero attached hydrogens (tertiary/aromatic N) is 5. The Hall–Kier alpha value is -2.78. The third-order valence-electron chi connectivity index (χ3n) is 6.18. The molecule has 1 aliphatic rings. The zero-order chi connectivity index (χ0) is 22.5. The predicted molar refractivity (Wildman–Crippen MR) is 126 cm³/mol. The molecular formula is C23H34N8O. The molecule has 9 nitrogen and oxygen atoms in total. The van der Waals surface area contributed by atoms with E-state index in [2.05, 4.69) is 45.6 Å². The number of nitrogens with two attached hydrogens (primary N) is 1. The summed E-state index contributed by atoms with van der Waals surface area (Å²) in [6.45, 7) is 5.94. The monoisotopic (exact) mass is 438 g/mol. The molecule has 2 unspecified atom stereocenters. The zero-order valence-electron chi connectivity index (χ0n) is 19.0. The van der Waals surface area contributed by atoms with Crippen LogP contribution in [-0.2, 0) is 6.54 Å². The van der Waals surface area contributed by atoms with Gasteiger partial charge in [0.2, 0.25) is 5.95 Å². The largest absolute Gasteiger partial charge is 0.396 e. The molecule has 3 aromatic rings. The van der Waals surface area contributed by atoms with E-state index in [1.54, 1.807) is 6.20 Å². The van der Waals surface area contributed by atoms with Crippen molar-refractivity contribution in [2.45, 2.75) is 71.0 Å². The summed E-state index contributed by atoms with van der Waals surface area (Å²) in [5.74, 6) is 0.856. The molecule has 0 aromatic carbocycles. The number of aryl methyl sites for hydroxylation is 1. The third-order valence-corrected chi connectivity index (χ3v) is 6.18. The lowest BCUT2D eigenvalue weighted by molar-refractivity contribution is 0.276. The van der Waals surface area contributed by atoms with Gasteiger partial charge in [0.15, 0.2) is 5.82 Å². The number of hydrogen-bond donors (Lipinski definition) is 4. The second-order valence-corrected chi connectivity index (χ2v) is 8.64. The van der Waals surface area contributed by atoms with Crippen molar-refractivity contribution in [1.82, 2.24) is 30.0 Å². The number of aliphatic hydroxyl groups excluding tert-OH is 1. The molecule has 1 fully saturated rings. The van der Waals surface area contributed by atoms with E-state index in [1.165, 1.54) is 18.4 Å². The Morgan fingerprint density at radius 1 is 1.28 bits per heavy atom. The molecule has 172 valence electrons. The quantitative estimate of drug-likeness (QED) is 0.402. The molecule has 0 bridgehead atoms. The highest BCUT2D eigenvalue weighted by atomic mass is 16.3. The van der Waals surface area contributed by atoms with Crippen LogP contribution in [0.1, 0.15) is 68.3 Å². The number of piperidine rings is 1. The Bertz CT molecular complexity index is 1040. The van der Waals surface area contributed by atoms with Gasteiger partial charge in [-0.05, 0) is 50.3 Å². The molecule has 0 spiro atoms. The van der Waals surface area contributed by atoms with Gasteiger partial charge in [0, 0.05) is 24.9 Å². The minimum absolute atomic E-state index is 0.105. The van der Waals surface area contributed by atoms with E-state index in [0.29, 0.717) is 30.3 Å². The molecule has 5 N–H and O–H groups in total. The van der Waals surface area contributed by atoms with Gasteiger partial charge in [-0.25, -0.2) is 4.98 Å². The van der Waals surface area contributed by atoms with Crippen molar-refractivity contribution in [2.24, 2.45) is 0 Å². The number of nitrogen functional groups attached to an aromatic ring is 1. The Kier molecular flexibility index (Phi) is 7.16. The lowest BCUT2D eigenvalue weighted by atomic mass is 9.97. The molecule has 0 radical (unpaired) electrons. The summed E-state index contributed by atoms with van der Waals surface area (Å²) >= 11 is 0. The van der Waals surface area contributed by atoms with Crippen molar-refractivity contribution in [3.05, 3.63) is 35.3 Å². The molecular weight excluding hydrogens is 404 g/mol. The second-order valence-electron chi connectivity index (χ2n) is 8.64. The van der Waals surface area contributed by atoms with Crippen LogP contribution in [0.15, 0.2) is 18.5 Å². The lowest BCUT2D eigenvalue weighted by Crippen LogP contribution is -2.27. The van der Waals surface area contributed by atoms with Gasteiger partial charge in [-0.3, -0.25) is 9.67 Å². The summed E-state index contributed by atoms with van der Waals surface area (Å²) in [6.07, 6.45) is 9.94. The number of pyridine rings is 1. The summed E-state index contributed by atoms with van der Waals surface area (Å²) in [5, 5.41) is 21.1. The van der Waals surface area contributed by atoms with Gasteiger partial charge < -0.3 is 21.5 Å². The van der Waals surface area contributed by atoms with Crippen molar-refractivity contribution < 1.29 is 5.11 Å². The summed E-state index contributed by atoms with van der Waals surface area (Å²) < 4.78 is 1.88. The van der Waals surface area contributed by atoms with Crippen molar-refractivity contribution in [2.75, 3.05) is 24.2 Å². The Balaban J connectivity index is 1.62. The van der Waals surface area contributed by atoms with Gasteiger partial charge in [-0.2, -0.15) is 10.1 Å². The first-order chi connectivity index (χ1) is 15.6. The van der Waals surface area contributed by atoms with E-state index in [0.717, 1.165) is 42.6 Å². The first-order valence-corrected chi connectivity index (χ1v) is 11.6. The third kappa shape index (κ3) is 4.99. The Morgan fingerprint density at radius 3 is 2.88 bits per heavy atom. The molecule has 0 saturated carbocycles. The average molecular weight is 439 g/mol. The Labute approximate surface area is 188 Å². The maximum absolute atomic E-state index is 9.44. The molecule has 0 aliphatic carbocycles. The lowest BCUT2D eigenvalue weighted by Gasteiger charge is -2.24. The van der Waals surface area contributed by atoms with Gasteiger partial charge in [0.05, 0.1) is 18.4 Å². The van der Waals surface area contributed by atoms with E-state index in [9.17, 15) is 5.11 Å². The van der Waals surface area contributed by atoms with Gasteiger partial charge in [0.25, 0.3) is 0 Å². The highest BCUT2D eigenvalue weighted by Crippen LogP contribution is 2.26. The fourth-order valence-electron chi connectivity index (χ4n) is 4.48. The molecule has 9 heteroatoms. The highest BCUT2D eigenvalue weighted by molar-refractivity contribution is 5.86. The van der Waals surface area contributed by atoms with Gasteiger partial charge in [-0.1, -0.05) is 25.8 Å². The number of fused-ring (bicyclic) bond motifs is 1. The predicted octanol–water partition coefficient (Wildman–Crippen LogP) is 2.94. The first-order valence-electron chi connectivity index (χ1n) is 11.6. The first kappa shape index (κ1) is 22.4. The molecule has 4 heterocycles. The smallest absolute Gasteiger partial charge is 0.222 e. The minimum Gasteiger partial charge on any atom is -0.396 e. The molecule has 4 rings (SSSR count). The van der Waals surface area contributed by atoms with Gasteiger partial charge in [-0.15, -0.1) is 0 Å². The number of rotatable bonds is 9. The fourth-order valence-corrected chi connectivity index (χ4v) is 4.48. The second kappa shape index (κ2) is 10.2. The minimum atomic E-state index is 0.105. The van der Waals surface area contributed by atoms with Crippen molar-refractivity contribution in [1.29, 1.82) is 0 Å². The van der Waals surface area contributed by atoms with E-state index in [1.807, 2.05) is 10.9 Å². The number of anilines is 2. The number of hydrogen-bond acceptors (Lipinski definition) is 8. The van der Waals surface area contributed by atoms with Crippen molar-refractivity contribution in [3.63, 3.8) is 0 Å². The van der Waals surface area contributed by atoms with E-state index in [-0.39, 0.29) is 18.6 Å². The highest BCUT2D eigenvalue weighted by Gasteiger charge is 2.19. The summed E-state index contributed by atoms with van der Waals surface area (Å²) in [5.41, 5.74) is 10.8. The van der Waals surface area contributed by atoms with Crippen LogP contribution in [0, 0.1) is 6.92 Å². The van der Waals surface area contributed by atoms with Gasteiger partial charge >= 0.3 is 0 Å². The molecule has 1 aliphatic heterocycles. The van der Waals surface area contributed by atoms with E-state index in [4.69, 9.17) is 10.7 Å². The Morgan fingerprint density at radius 2 is 2.16 bits per heavy atom. The molecule has 0 amide bonds. The topological polar surface area (TPSA) is 127 Å². The standard InChI is InChI=1S/C23H34N8O/c1-3-6-17(8-10-32)28-22-21-19(29-23(24)30-22)13-27-31(21)14-20-15(2)11-16(12-26-20)18-7-4-5-9-25-18/h11-13,17-18,25,32H,3-10,14H2,1-2H3,(H3,24,28,29,30). The maximum atomic E-state index is 9.44. The molecule has 3 aromatic heterocycles. The van der Waals surface area contributed by atoms with Crippen LogP contribution < -0.4 is 16.4 Å². The zero-order valence-corrected chi connectivity index (χ0v) is 19.0. The summed E-state index contributed by atoms with van der Waals surface area (Å²) in [6, 6.07) is 2.74. The van der Waals surface area contributed by atoms with Crippen LogP contribution in [-0.4, -0.2) is 49.0 Å². The van der Waals surface area contributed by atoms with Crippen LogP contribution in [0.25, 0.3) is 11.0 Å². The van der Waals surface area contributed by atoms with Crippen LogP contribution in [0.3, 0.4) is 0 Å². The van der Waals surface area contributed by atoms with Gasteiger partial charge in [0.1, 0.15) is 11.0 Å². The average Bonchev–Trinajstić information content (AvgIpc) is 3.18. The van der Waals surface area contributed by atoms with Crippen LogP contribution >= 0.6 is 0 Å². The molecule has 32 heavy (non-hydrogen) atoms. The SMILES string of the molecule is CCCC(CCO)Nc1nc(N)nc2cnn(Cc3ncc(C4CCCCN4)cc3C)c12. The van der Waals surface area contributed by atoms with Crippen molar-refractivity contribution in [3.8, 4) is 0 Å². The fraction of sp³-hybridized carbons (Fsp3) is 0.565. The van der Waals surface area contributed by atoms with Crippen LogP contribution in [0.5, 0.6) is 0 Å². The summed E-state index contributed by atoms with van der Waals surface area (Å²) in [4.78, 5) is 13.6. The molecule has 2 atom stereocenters. The van der Waals surface area contributed by atoms with Crippen LogP contribution in [0.4, 0.5) is 11.8 Å². The van der Waals surface area contributed by atoms with Crippen molar-refractivity contribution >= 4 is 22.8 Å². The maximum Gasteiger partial charge on any atom is 0.222 e. The van der Waals surface area contributed by atoms with E-state index < -0.39 is 0 Å². The number of aliphatic hydroxyl groups is 1.